The number of rotatable bonds is 0. The lowest BCUT2D eigenvalue weighted by Gasteiger charge is -2.17. The van der Waals surface area contributed by atoms with Crippen molar-refractivity contribution >= 4 is 11.6 Å². The largest absolute Gasteiger partial charge is 0.289 e. The maximum Gasteiger partial charge on any atom is 0.196 e. The summed E-state index contributed by atoms with van der Waals surface area (Å²) in [4.78, 5) is 28.5. The van der Waals surface area contributed by atoms with Crippen molar-refractivity contribution in [3.8, 4) is 0 Å². The monoisotopic (exact) mass is 223 g/mol. The van der Waals surface area contributed by atoms with Gasteiger partial charge in [0.05, 0.1) is 5.56 Å². The summed E-state index contributed by atoms with van der Waals surface area (Å²) in [5.74, 6) is -0.207. The summed E-state index contributed by atoms with van der Waals surface area (Å²) in [6, 6.07) is 6.91. The zero-order valence-electron chi connectivity index (χ0n) is 9.23. The number of aromatic nitrogens is 1. The summed E-state index contributed by atoms with van der Waals surface area (Å²) in [5.41, 5.74) is 2.60. The number of carbonyl (C=O) groups is 2. The number of carbonyl (C=O) groups excluding carboxylic acids is 2. The van der Waals surface area contributed by atoms with Crippen molar-refractivity contribution < 1.29 is 9.59 Å². The lowest BCUT2D eigenvalue weighted by atomic mass is 9.83. The zero-order chi connectivity index (χ0) is 12.0. The van der Waals surface area contributed by atoms with E-state index in [4.69, 9.17) is 0 Å². The van der Waals surface area contributed by atoms with E-state index in [1.54, 1.807) is 37.4 Å². The summed E-state index contributed by atoms with van der Waals surface area (Å²) in [6.45, 7) is 1.80. The van der Waals surface area contributed by atoms with Gasteiger partial charge in [-0.15, -0.1) is 0 Å². The van der Waals surface area contributed by atoms with Crippen molar-refractivity contribution in [3.63, 3.8) is 0 Å². The molecule has 0 spiro atoms. The molecule has 0 N–H and O–H groups in total. The van der Waals surface area contributed by atoms with E-state index >= 15 is 0 Å². The van der Waals surface area contributed by atoms with E-state index < -0.39 is 0 Å². The smallest absolute Gasteiger partial charge is 0.196 e. The maximum absolute atomic E-state index is 12.3. The number of hydrogen-bond acceptors (Lipinski definition) is 3. The highest BCUT2D eigenvalue weighted by Gasteiger charge is 2.30. The molecule has 82 valence electrons. The van der Waals surface area contributed by atoms with Crippen molar-refractivity contribution in [2.45, 2.75) is 6.92 Å². The minimum Gasteiger partial charge on any atom is -0.289 e. The Kier molecular flexibility index (Phi) is 1.95. The number of aryl methyl sites for hydroxylation is 1. The Labute approximate surface area is 98.1 Å². The van der Waals surface area contributed by atoms with E-state index in [0.29, 0.717) is 22.3 Å². The number of ketones is 2. The predicted octanol–water partition coefficient (Wildman–Crippen LogP) is 2.17. The van der Waals surface area contributed by atoms with E-state index in [1.807, 2.05) is 0 Å². The zero-order valence-corrected chi connectivity index (χ0v) is 9.23. The molecule has 0 saturated heterocycles. The van der Waals surface area contributed by atoms with Gasteiger partial charge < -0.3 is 0 Å². The first-order chi connectivity index (χ1) is 8.20. The highest BCUT2D eigenvalue weighted by atomic mass is 16.1. The van der Waals surface area contributed by atoms with Gasteiger partial charge in [0.2, 0.25) is 0 Å². The molecule has 0 amide bonds. The van der Waals surface area contributed by atoms with Gasteiger partial charge in [-0.2, -0.15) is 0 Å². The third-order valence-electron chi connectivity index (χ3n) is 3.02. The maximum atomic E-state index is 12.3. The number of benzene rings is 1. The minimum absolute atomic E-state index is 0.0879. The fraction of sp³-hybridized carbons (Fsp3) is 0.0714. The molecular weight excluding hydrogens is 214 g/mol. The minimum atomic E-state index is -0.119. The Balaban J connectivity index is 2.37. The van der Waals surface area contributed by atoms with Gasteiger partial charge in [-0.1, -0.05) is 24.3 Å². The van der Waals surface area contributed by atoms with Crippen LogP contribution in [0.4, 0.5) is 0 Å². The molecule has 17 heavy (non-hydrogen) atoms. The van der Waals surface area contributed by atoms with Crippen LogP contribution in [0.1, 0.15) is 37.4 Å². The van der Waals surface area contributed by atoms with Crippen LogP contribution in [0.25, 0.3) is 0 Å². The van der Waals surface area contributed by atoms with Crippen LogP contribution in [0.15, 0.2) is 36.7 Å². The fourth-order valence-electron chi connectivity index (χ4n) is 2.20. The Morgan fingerprint density at radius 2 is 1.53 bits per heavy atom. The van der Waals surface area contributed by atoms with Crippen LogP contribution >= 0.6 is 0 Å². The molecule has 0 unspecified atom stereocenters. The quantitative estimate of drug-likeness (QED) is 0.586. The molecule has 0 aliphatic heterocycles. The first kappa shape index (κ1) is 9.90. The van der Waals surface area contributed by atoms with Crippen LogP contribution in [0.3, 0.4) is 0 Å². The Bertz CT molecular complexity index is 659. The molecule has 0 atom stereocenters. The number of hydrogen-bond donors (Lipinski definition) is 0. The topological polar surface area (TPSA) is 47.0 Å². The molecule has 0 bridgehead atoms. The third-order valence-corrected chi connectivity index (χ3v) is 3.02. The van der Waals surface area contributed by atoms with Gasteiger partial charge in [0.1, 0.15) is 0 Å². The van der Waals surface area contributed by atoms with Gasteiger partial charge in [0.25, 0.3) is 0 Å². The Hall–Kier alpha value is -2.29. The van der Waals surface area contributed by atoms with E-state index in [0.717, 1.165) is 5.56 Å². The Morgan fingerprint density at radius 3 is 2.24 bits per heavy atom. The predicted molar refractivity (Wildman–Crippen MR) is 62.3 cm³/mol. The van der Waals surface area contributed by atoms with Gasteiger partial charge in [0, 0.05) is 29.1 Å². The summed E-state index contributed by atoms with van der Waals surface area (Å²) < 4.78 is 0. The second kappa shape index (κ2) is 3.35. The normalized spacial score (nSPS) is 13.2. The molecule has 2 aromatic rings. The molecule has 3 rings (SSSR count). The lowest BCUT2D eigenvalue weighted by molar-refractivity contribution is 0.0978. The van der Waals surface area contributed by atoms with Crippen molar-refractivity contribution in [2.24, 2.45) is 0 Å². The van der Waals surface area contributed by atoms with Crippen LogP contribution in [0.2, 0.25) is 0 Å². The molecule has 1 heterocycles. The van der Waals surface area contributed by atoms with E-state index in [-0.39, 0.29) is 11.6 Å². The van der Waals surface area contributed by atoms with Crippen LogP contribution in [0, 0.1) is 6.92 Å². The first-order valence-corrected chi connectivity index (χ1v) is 5.33. The average molecular weight is 223 g/mol. The molecule has 0 fully saturated rings. The SMILES string of the molecule is Cc1cncc2c1C(=O)c1ccccc1C2=O. The van der Waals surface area contributed by atoms with Gasteiger partial charge >= 0.3 is 0 Å². The number of fused-ring (bicyclic) bond motifs is 2. The van der Waals surface area contributed by atoms with Crippen molar-refractivity contribution in [3.05, 3.63) is 64.5 Å². The lowest BCUT2D eigenvalue weighted by Crippen LogP contribution is -2.22. The van der Waals surface area contributed by atoms with Crippen molar-refractivity contribution in [2.75, 3.05) is 0 Å². The highest BCUT2D eigenvalue weighted by molar-refractivity contribution is 6.28. The van der Waals surface area contributed by atoms with Gasteiger partial charge in [0.15, 0.2) is 11.6 Å². The number of pyridine rings is 1. The standard InChI is InChI=1S/C14H9NO2/c1-8-6-15-7-11-12(8)14(17)10-5-3-2-4-9(10)13(11)16/h2-7H,1H3. The summed E-state index contributed by atoms with van der Waals surface area (Å²) in [6.07, 6.45) is 3.08. The van der Waals surface area contributed by atoms with Crippen molar-refractivity contribution in [1.82, 2.24) is 4.98 Å². The van der Waals surface area contributed by atoms with E-state index in [1.165, 1.54) is 6.20 Å². The molecule has 1 aromatic heterocycles. The van der Waals surface area contributed by atoms with Crippen molar-refractivity contribution in [1.29, 1.82) is 0 Å². The summed E-state index contributed by atoms with van der Waals surface area (Å²) in [7, 11) is 0. The molecule has 1 aromatic carbocycles. The second-order valence-electron chi connectivity index (χ2n) is 4.08. The molecule has 1 aliphatic rings. The first-order valence-electron chi connectivity index (χ1n) is 5.33. The molecule has 0 saturated carbocycles. The highest BCUT2D eigenvalue weighted by Crippen LogP contribution is 2.28. The molecule has 1 aliphatic carbocycles. The summed E-state index contributed by atoms with van der Waals surface area (Å²) >= 11 is 0. The number of nitrogens with zero attached hydrogens (tertiary/aromatic N) is 1. The van der Waals surface area contributed by atoms with Gasteiger partial charge in [-0.05, 0) is 12.5 Å². The van der Waals surface area contributed by atoms with Crippen LogP contribution in [0.5, 0.6) is 0 Å². The van der Waals surface area contributed by atoms with Crippen LogP contribution < -0.4 is 0 Å². The molecule has 3 nitrogen and oxygen atoms in total. The van der Waals surface area contributed by atoms with Gasteiger partial charge in [-0.25, -0.2) is 0 Å². The van der Waals surface area contributed by atoms with Gasteiger partial charge in [-0.3, -0.25) is 14.6 Å². The van der Waals surface area contributed by atoms with E-state index in [2.05, 4.69) is 4.98 Å². The molecule has 0 radical (unpaired) electrons. The average Bonchev–Trinajstić information content (AvgIpc) is 2.36. The van der Waals surface area contributed by atoms with Crippen LogP contribution in [-0.4, -0.2) is 16.6 Å². The van der Waals surface area contributed by atoms with Crippen LogP contribution in [-0.2, 0) is 0 Å². The molecular formula is C14H9NO2. The third kappa shape index (κ3) is 1.25. The van der Waals surface area contributed by atoms with E-state index in [9.17, 15) is 9.59 Å². The molecule has 3 heteroatoms. The second-order valence-corrected chi connectivity index (χ2v) is 4.08. The fourth-order valence-corrected chi connectivity index (χ4v) is 2.20. The summed E-state index contributed by atoms with van der Waals surface area (Å²) in [5, 5.41) is 0. The Morgan fingerprint density at radius 1 is 0.882 bits per heavy atom.